The van der Waals surface area contributed by atoms with Gasteiger partial charge >= 0.3 is 0 Å². The van der Waals surface area contributed by atoms with Gasteiger partial charge in [-0.25, -0.2) is 9.38 Å². The lowest BCUT2D eigenvalue weighted by Gasteiger charge is -2.32. The van der Waals surface area contributed by atoms with Gasteiger partial charge in [0.05, 0.1) is 18.8 Å². The second-order valence-electron chi connectivity index (χ2n) is 7.41. The van der Waals surface area contributed by atoms with Gasteiger partial charge in [-0.2, -0.15) is 0 Å². The van der Waals surface area contributed by atoms with Crippen LogP contribution in [0.3, 0.4) is 0 Å². The number of hydrogen-bond acceptors (Lipinski definition) is 4. The number of rotatable bonds is 10. The average molecular weight is 408 g/mol. The molecule has 29 heavy (non-hydrogen) atoms. The fourth-order valence-corrected chi connectivity index (χ4v) is 3.67. The highest BCUT2D eigenvalue weighted by atomic mass is 19.1. The van der Waals surface area contributed by atoms with E-state index in [0.29, 0.717) is 18.3 Å². The molecule has 2 N–H and O–H groups in total. The molecule has 0 saturated carbocycles. The van der Waals surface area contributed by atoms with E-state index in [4.69, 9.17) is 4.74 Å². The Morgan fingerprint density at radius 2 is 1.97 bits per heavy atom. The minimum Gasteiger partial charge on any atom is -0.383 e. The van der Waals surface area contributed by atoms with Crippen molar-refractivity contribution in [3.05, 3.63) is 29.6 Å². The van der Waals surface area contributed by atoms with Crippen molar-refractivity contribution in [2.24, 2.45) is 4.99 Å². The average Bonchev–Trinajstić information content (AvgIpc) is 2.74. The number of hydrogen-bond donors (Lipinski definition) is 2. The van der Waals surface area contributed by atoms with Crippen LogP contribution in [0.15, 0.2) is 23.2 Å². The number of halogens is 1. The number of benzene rings is 1. The number of nitrogens with one attached hydrogen (secondary N) is 2. The van der Waals surface area contributed by atoms with Gasteiger partial charge in [-0.05, 0) is 51.3 Å². The van der Waals surface area contributed by atoms with E-state index in [1.54, 1.807) is 13.2 Å². The summed E-state index contributed by atoms with van der Waals surface area (Å²) in [7, 11) is 1.75. The summed E-state index contributed by atoms with van der Waals surface area (Å²) in [6, 6.07) is 5.85. The normalized spacial score (nSPS) is 16.1. The molecule has 1 saturated heterocycles. The zero-order chi connectivity index (χ0) is 21.1. The molecular weight excluding hydrogens is 369 g/mol. The third-order valence-corrected chi connectivity index (χ3v) is 5.42. The van der Waals surface area contributed by atoms with Crippen LogP contribution in [0, 0.1) is 5.82 Å². The number of methoxy groups -OCH3 is 1. The van der Waals surface area contributed by atoms with Crippen molar-refractivity contribution in [2.45, 2.75) is 46.2 Å². The van der Waals surface area contributed by atoms with Crippen molar-refractivity contribution >= 4 is 11.6 Å². The van der Waals surface area contributed by atoms with E-state index < -0.39 is 0 Å². The number of piperidine rings is 1. The number of aliphatic imine (C=N–C) groups is 1. The summed E-state index contributed by atoms with van der Waals surface area (Å²) in [5, 5.41) is 6.86. The number of ether oxygens (including phenoxy) is 1. The quantitative estimate of drug-likeness (QED) is 0.461. The van der Waals surface area contributed by atoms with Crippen molar-refractivity contribution in [2.75, 3.05) is 57.9 Å². The topological polar surface area (TPSA) is 52.1 Å². The monoisotopic (exact) mass is 407 g/mol. The molecule has 0 radical (unpaired) electrons. The van der Waals surface area contributed by atoms with Crippen LogP contribution in [-0.4, -0.2) is 69.9 Å². The van der Waals surface area contributed by atoms with Crippen LogP contribution in [0.2, 0.25) is 0 Å². The molecule has 0 aromatic heterocycles. The van der Waals surface area contributed by atoms with E-state index in [0.717, 1.165) is 70.2 Å². The third-order valence-electron chi connectivity index (χ3n) is 5.42. The summed E-state index contributed by atoms with van der Waals surface area (Å²) in [5.74, 6) is 0.624. The molecule has 0 spiro atoms. The molecule has 6 nitrogen and oxygen atoms in total. The molecule has 0 aliphatic carbocycles. The molecule has 1 fully saturated rings. The van der Waals surface area contributed by atoms with Crippen molar-refractivity contribution in [3.8, 4) is 0 Å². The first-order chi connectivity index (χ1) is 14.1. The van der Waals surface area contributed by atoms with Gasteiger partial charge in [0, 0.05) is 52.4 Å². The maximum atomic E-state index is 14.5. The Morgan fingerprint density at radius 1 is 1.24 bits per heavy atom. The van der Waals surface area contributed by atoms with Gasteiger partial charge in [0.2, 0.25) is 0 Å². The lowest BCUT2D eigenvalue weighted by molar-refractivity contribution is 0.128. The van der Waals surface area contributed by atoms with Crippen LogP contribution in [0.25, 0.3) is 0 Å². The minimum absolute atomic E-state index is 0.178. The molecule has 0 atom stereocenters. The summed E-state index contributed by atoms with van der Waals surface area (Å²) in [4.78, 5) is 9.14. The maximum Gasteiger partial charge on any atom is 0.191 e. The molecule has 1 aromatic rings. The highest BCUT2D eigenvalue weighted by Gasteiger charge is 2.19. The molecule has 1 aromatic carbocycles. The van der Waals surface area contributed by atoms with Crippen LogP contribution >= 0.6 is 0 Å². The molecule has 164 valence electrons. The molecule has 0 amide bonds. The van der Waals surface area contributed by atoms with Crippen LogP contribution in [0.4, 0.5) is 10.1 Å². The highest BCUT2D eigenvalue weighted by molar-refractivity contribution is 5.80. The van der Waals surface area contributed by atoms with Crippen molar-refractivity contribution < 1.29 is 9.13 Å². The second-order valence-corrected chi connectivity index (χ2v) is 7.41. The first-order valence-corrected chi connectivity index (χ1v) is 10.9. The standard InChI is InChI=1S/C22H38FN5O/c1-5-24-22(26-19-10-12-27(13-11-19)14-15-29-4)25-17-18-8-9-21(20(23)16-18)28(6-2)7-3/h8-9,16,19H,5-7,10-15,17H2,1-4H3,(H2,24,25,26). The number of anilines is 1. The van der Waals surface area contributed by atoms with Gasteiger partial charge in [0.15, 0.2) is 5.96 Å². The van der Waals surface area contributed by atoms with Gasteiger partial charge in [-0.1, -0.05) is 6.07 Å². The molecule has 1 heterocycles. The Balaban J connectivity index is 1.93. The van der Waals surface area contributed by atoms with E-state index in [-0.39, 0.29) is 5.82 Å². The third kappa shape index (κ3) is 7.48. The molecular formula is C22H38FN5O. The molecule has 1 aliphatic heterocycles. The molecule has 1 aliphatic rings. The maximum absolute atomic E-state index is 14.5. The summed E-state index contributed by atoms with van der Waals surface area (Å²) in [5.41, 5.74) is 1.54. The van der Waals surface area contributed by atoms with Crippen LogP contribution < -0.4 is 15.5 Å². The predicted octanol–water partition coefficient (Wildman–Crippen LogP) is 2.84. The Hall–Kier alpha value is -1.86. The first kappa shape index (κ1) is 23.4. The smallest absolute Gasteiger partial charge is 0.191 e. The molecule has 0 unspecified atom stereocenters. The van der Waals surface area contributed by atoms with E-state index in [2.05, 4.69) is 27.4 Å². The van der Waals surface area contributed by atoms with Gasteiger partial charge < -0.3 is 25.2 Å². The van der Waals surface area contributed by atoms with E-state index in [1.807, 2.05) is 30.9 Å². The van der Waals surface area contributed by atoms with Crippen LogP contribution in [0.5, 0.6) is 0 Å². The van der Waals surface area contributed by atoms with Crippen molar-refractivity contribution in [3.63, 3.8) is 0 Å². The zero-order valence-corrected chi connectivity index (χ0v) is 18.5. The Labute approximate surface area is 175 Å². The molecule has 7 heteroatoms. The number of guanidine groups is 1. The largest absolute Gasteiger partial charge is 0.383 e. The van der Waals surface area contributed by atoms with Gasteiger partial charge in [-0.15, -0.1) is 0 Å². The molecule has 0 bridgehead atoms. The van der Waals surface area contributed by atoms with E-state index in [9.17, 15) is 4.39 Å². The lowest BCUT2D eigenvalue weighted by Crippen LogP contribution is -2.49. The predicted molar refractivity (Wildman–Crippen MR) is 119 cm³/mol. The Morgan fingerprint density at radius 3 is 2.55 bits per heavy atom. The number of nitrogens with zero attached hydrogens (tertiary/aromatic N) is 3. The fourth-order valence-electron chi connectivity index (χ4n) is 3.67. The highest BCUT2D eigenvalue weighted by Crippen LogP contribution is 2.20. The van der Waals surface area contributed by atoms with Gasteiger partial charge in [0.25, 0.3) is 0 Å². The number of likely N-dealkylation sites (tertiary alicyclic amines) is 1. The van der Waals surface area contributed by atoms with Gasteiger partial charge in [0.1, 0.15) is 5.82 Å². The first-order valence-electron chi connectivity index (χ1n) is 10.9. The summed E-state index contributed by atoms with van der Waals surface area (Å²) >= 11 is 0. The van der Waals surface area contributed by atoms with E-state index >= 15 is 0 Å². The van der Waals surface area contributed by atoms with Crippen molar-refractivity contribution in [1.29, 1.82) is 0 Å². The second kappa shape index (κ2) is 12.6. The Kier molecular flexibility index (Phi) is 10.2. The minimum atomic E-state index is -0.178. The fraction of sp³-hybridized carbons (Fsp3) is 0.682. The summed E-state index contributed by atoms with van der Waals surface area (Å²) < 4.78 is 19.7. The SMILES string of the molecule is CCNC(=NCc1ccc(N(CC)CC)c(F)c1)NC1CCN(CCOC)CC1. The lowest BCUT2D eigenvalue weighted by atomic mass is 10.1. The van der Waals surface area contributed by atoms with Crippen LogP contribution in [0.1, 0.15) is 39.2 Å². The summed E-state index contributed by atoms with van der Waals surface area (Å²) in [6.07, 6.45) is 2.17. The van der Waals surface area contributed by atoms with Gasteiger partial charge in [-0.3, -0.25) is 0 Å². The zero-order valence-electron chi connectivity index (χ0n) is 18.5. The van der Waals surface area contributed by atoms with Crippen molar-refractivity contribution in [1.82, 2.24) is 15.5 Å². The van der Waals surface area contributed by atoms with Crippen LogP contribution in [-0.2, 0) is 11.3 Å². The summed E-state index contributed by atoms with van der Waals surface area (Å²) in [6.45, 7) is 12.9. The van der Waals surface area contributed by atoms with E-state index in [1.165, 1.54) is 0 Å². The Bertz CT molecular complexity index is 628. The molecule has 2 rings (SSSR count).